The average molecular weight is 420 g/mol. The van der Waals surface area contributed by atoms with Crippen molar-refractivity contribution in [1.29, 1.82) is 0 Å². The summed E-state index contributed by atoms with van der Waals surface area (Å²) in [5.74, 6) is 1.79. The lowest BCUT2D eigenvalue weighted by atomic mass is 9.95. The highest BCUT2D eigenvalue weighted by atomic mass is 35.5. The van der Waals surface area contributed by atoms with Gasteiger partial charge in [-0.25, -0.2) is 9.97 Å². The Labute approximate surface area is 182 Å². The van der Waals surface area contributed by atoms with Gasteiger partial charge in [0.05, 0.1) is 0 Å². The Hall–Kier alpha value is -2.63. The number of hydrogen-bond acceptors (Lipinski definition) is 5. The Kier molecular flexibility index (Phi) is 5.56. The van der Waals surface area contributed by atoms with Gasteiger partial charge in [-0.3, -0.25) is 4.90 Å². The minimum Gasteiger partial charge on any atom is -0.356 e. The van der Waals surface area contributed by atoms with Crippen molar-refractivity contribution in [1.82, 2.24) is 14.9 Å². The largest absolute Gasteiger partial charge is 0.356 e. The molecule has 6 heteroatoms. The zero-order valence-corrected chi connectivity index (χ0v) is 17.7. The molecule has 2 aliphatic rings. The maximum atomic E-state index is 5.97. The van der Waals surface area contributed by atoms with E-state index in [-0.39, 0.29) is 0 Å². The topological polar surface area (TPSA) is 44.3 Å². The molecule has 0 atom stereocenters. The van der Waals surface area contributed by atoms with Gasteiger partial charge in [-0.05, 0) is 54.7 Å². The van der Waals surface area contributed by atoms with Gasteiger partial charge >= 0.3 is 0 Å². The molecule has 30 heavy (non-hydrogen) atoms. The Morgan fingerprint density at radius 1 is 0.900 bits per heavy atom. The minimum atomic E-state index is 0.656. The first-order chi connectivity index (χ1) is 14.7. The molecule has 0 aliphatic carbocycles. The van der Waals surface area contributed by atoms with Crippen molar-refractivity contribution in [3.8, 4) is 0 Å². The maximum absolute atomic E-state index is 5.97. The zero-order chi connectivity index (χ0) is 20.3. The molecule has 1 fully saturated rings. The van der Waals surface area contributed by atoms with Crippen molar-refractivity contribution in [3.63, 3.8) is 0 Å². The van der Waals surface area contributed by atoms with Crippen LogP contribution in [-0.4, -0.2) is 40.5 Å². The molecular weight excluding hydrogens is 394 g/mol. The molecule has 0 spiro atoms. The van der Waals surface area contributed by atoms with Gasteiger partial charge in [0.1, 0.15) is 18.0 Å². The summed E-state index contributed by atoms with van der Waals surface area (Å²) in [4.78, 5) is 13.9. The van der Waals surface area contributed by atoms with Crippen LogP contribution in [0.5, 0.6) is 0 Å². The third kappa shape index (κ3) is 4.27. The number of benzene rings is 2. The van der Waals surface area contributed by atoms with Gasteiger partial charge in [-0.15, -0.1) is 0 Å². The van der Waals surface area contributed by atoms with Crippen LogP contribution in [0.15, 0.2) is 60.9 Å². The second-order valence-electron chi connectivity index (χ2n) is 8.10. The van der Waals surface area contributed by atoms with Crippen LogP contribution < -0.4 is 10.2 Å². The normalized spacial score (nSPS) is 17.6. The first-order valence-electron chi connectivity index (χ1n) is 10.6. The van der Waals surface area contributed by atoms with Gasteiger partial charge in [-0.2, -0.15) is 0 Å². The molecule has 5 rings (SSSR count). The average Bonchev–Trinajstić information content (AvgIpc) is 2.81. The lowest BCUT2D eigenvalue weighted by Crippen LogP contribution is -2.46. The summed E-state index contributed by atoms with van der Waals surface area (Å²) in [5, 5.41) is 4.06. The van der Waals surface area contributed by atoms with Crippen LogP contribution in [0.3, 0.4) is 0 Å². The fourth-order valence-electron chi connectivity index (χ4n) is 4.56. The van der Waals surface area contributed by atoms with E-state index in [1.165, 1.54) is 36.9 Å². The molecule has 154 valence electrons. The number of nitrogens with zero attached hydrogens (tertiary/aromatic N) is 4. The quantitative estimate of drug-likeness (QED) is 0.651. The van der Waals surface area contributed by atoms with E-state index in [0.29, 0.717) is 6.04 Å². The van der Waals surface area contributed by atoms with Crippen molar-refractivity contribution in [2.45, 2.75) is 31.8 Å². The molecule has 3 aromatic rings. The monoisotopic (exact) mass is 419 g/mol. The lowest BCUT2D eigenvalue weighted by molar-refractivity contribution is 0.153. The molecule has 3 heterocycles. The third-order valence-electron chi connectivity index (χ3n) is 6.23. The summed E-state index contributed by atoms with van der Waals surface area (Å²) in [6.45, 7) is 4.31. The number of rotatable bonds is 4. The minimum absolute atomic E-state index is 0.656. The van der Waals surface area contributed by atoms with Crippen molar-refractivity contribution >= 4 is 28.9 Å². The number of halogens is 1. The van der Waals surface area contributed by atoms with Crippen LogP contribution in [0.4, 0.5) is 17.3 Å². The molecule has 0 radical (unpaired) electrons. The van der Waals surface area contributed by atoms with Gasteiger partial charge in [0.25, 0.3) is 0 Å². The number of fused-ring (bicyclic) bond motifs is 1. The Balaban J connectivity index is 1.20. The summed E-state index contributed by atoms with van der Waals surface area (Å²) in [6.07, 6.45) is 5.15. The van der Waals surface area contributed by atoms with E-state index < -0.39 is 0 Å². The molecule has 0 amide bonds. The molecule has 1 aromatic heterocycles. The Bertz CT molecular complexity index is 998. The van der Waals surface area contributed by atoms with E-state index in [0.717, 1.165) is 42.0 Å². The maximum Gasteiger partial charge on any atom is 0.135 e. The summed E-state index contributed by atoms with van der Waals surface area (Å²) in [6, 6.07) is 19.2. The number of nitrogens with one attached hydrogen (secondary N) is 1. The van der Waals surface area contributed by atoms with E-state index in [2.05, 4.69) is 49.4 Å². The molecule has 1 N–H and O–H groups in total. The van der Waals surface area contributed by atoms with Gasteiger partial charge in [-0.1, -0.05) is 35.9 Å². The molecule has 2 aromatic carbocycles. The molecule has 5 nitrogen and oxygen atoms in total. The summed E-state index contributed by atoms with van der Waals surface area (Å²) < 4.78 is 0. The first kappa shape index (κ1) is 19.3. The Morgan fingerprint density at radius 2 is 1.67 bits per heavy atom. The van der Waals surface area contributed by atoms with Crippen molar-refractivity contribution in [3.05, 3.63) is 77.1 Å². The van der Waals surface area contributed by atoms with E-state index in [4.69, 9.17) is 11.6 Å². The highest BCUT2D eigenvalue weighted by Crippen LogP contribution is 2.27. The molecule has 1 saturated heterocycles. The van der Waals surface area contributed by atoms with Gasteiger partial charge in [0.2, 0.25) is 0 Å². The smallest absolute Gasteiger partial charge is 0.135 e. The van der Waals surface area contributed by atoms with Crippen LogP contribution in [0.2, 0.25) is 5.02 Å². The van der Waals surface area contributed by atoms with Gasteiger partial charge < -0.3 is 10.2 Å². The van der Waals surface area contributed by atoms with Crippen LogP contribution in [-0.2, 0) is 13.0 Å². The fraction of sp³-hybridized carbons (Fsp3) is 0.333. The van der Waals surface area contributed by atoms with E-state index in [9.17, 15) is 0 Å². The van der Waals surface area contributed by atoms with Crippen molar-refractivity contribution in [2.24, 2.45) is 0 Å². The van der Waals surface area contributed by atoms with Gasteiger partial charge in [0, 0.05) is 49.0 Å². The second-order valence-corrected chi connectivity index (χ2v) is 8.54. The van der Waals surface area contributed by atoms with Gasteiger partial charge in [0.15, 0.2) is 0 Å². The molecule has 0 bridgehead atoms. The summed E-state index contributed by atoms with van der Waals surface area (Å²) >= 11 is 5.97. The molecule has 2 aliphatic heterocycles. The van der Waals surface area contributed by atoms with Crippen molar-refractivity contribution in [2.75, 3.05) is 29.9 Å². The number of aromatic nitrogens is 2. The number of piperidine rings is 1. The van der Waals surface area contributed by atoms with Crippen LogP contribution in [0.1, 0.15) is 24.0 Å². The SMILES string of the molecule is Clc1ccc(Nc2cc(N3CCC(N4CCc5ccccc5C4)CC3)ncn2)cc1. The molecule has 0 saturated carbocycles. The highest BCUT2D eigenvalue weighted by molar-refractivity contribution is 6.30. The van der Waals surface area contributed by atoms with E-state index >= 15 is 0 Å². The van der Waals surface area contributed by atoms with Crippen LogP contribution in [0.25, 0.3) is 0 Å². The summed E-state index contributed by atoms with van der Waals surface area (Å²) in [7, 11) is 0. The van der Waals surface area contributed by atoms with Crippen molar-refractivity contribution < 1.29 is 0 Å². The highest BCUT2D eigenvalue weighted by Gasteiger charge is 2.27. The van der Waals surface area contributed by atoms with E-state index in [1.54, 1.807) is 6.33 Å². The standard InChI is InChI=1S/C24H26ClN5/c25-20-5-7-21(8-6-20)28-23-15-24(27-17-26-23)29-13-10-22(11-14-29)30-12-9-18-3-1-2-4-19(18)16-30/h1-8,15,17,22H,9-14,16H2,(H,26,27,28). The first-order valence-corrected chi connectivity index (χ1v) is 11.0. The van der Waals surface area contributed by atoms with Crippen LogP contribution >= 0.6 is 11.6 Å². The van der Waals surface area contributed by atoms with E-state index in [1.807, 2.05) is 30.3 Å². The predicted molar refractivity (Wildman–Crippen MR) is 123 cm³/mol. The Morgan fingerprint density at radius 3 is 2.47 bits per heavy atom. The summed E-state index contributed by atoms with van der Waals surface area (Å²) in [5.41, 5.74) is 3.99. The fourth-order valence-corrected chi connectivity index (χ4v) is 4.68. The predicted octanol–water partition coefficient (Wildman–Crippen LogP) is 4.90. The third-order valence-corrected chi connectivity index (χ3v) is 6.49. The molecular formula is C24H26ClN5. The molecule has 0 unspecified atom stereocenters. The second kappa shape index (κ2) is 8.62. The number of anilines is 3. The van der Waals surface area contributed by atoms with Crippen LogP contribution in [0, 0.1) is 0 Å². The number of hydrogen-bond donors (Lipinski definition) is 1. The lowest BCUT2D eigenvalue weighted by Gasteiger charge is -2.41. The zero-order valence-electron chi connectivity index (χ0n) is 17.0.